The third-order valence-electron chi connectivity index (χ3n) is 0.697. The summed E-state index contributed by atoms with van der Waals surface area (Å²) in [7, 11) is 0. The van der Waals surface area contributed by atoms with Crippen molar-refractivity contribution < 1.29 is 0 Å². The van der Waals surface area contributed by atoms with Crippen LogP contribution in [0, 0.1) is 0 Å². The number of halogens is 6. The molecular weight excluding hydrogens is 261 g/mol. The molecule has 0 nitrogen and oxygen atoms in total. The molecule has 60 valence electrons. The molecule has 0 N–H and O–H groups in total. The zero-order valence-electron chi connectivity index (χ0n) is 4.47. The van der Waals surface area contributed by atoms with E-state index in [1.54, 1.807) is 0 Å². The van der Waals surface area contributed by atoms with Gasteiger partial charge in [0.25, 0.3) is 0 Å². The predicted molar refractivity (Wildman–Crippen MR) is 49.7 cm³/mol. The Labute approximate surface area is 89.0 Å². The molecule has 6 heteroatoms. The smallest absolute Gasteiger partial charge is 0.0905 e. The molecule has 0 heterocycles. The molecule has 0 rings (SSSR count). The summed E-state index contributed by atoms with van der Waals surface area (Å²) in [6.07, 6.45) is 0. The van der Waals surface area contributed by atoms with Crippen LogP contribution in [0.3, 0.4) is 0 Å². The highest BCUT2D eigenvalue weighted by Gasteiger charge is 2.47. The first-order valence-electron chi connectivity index (χ1n) is 1.99. The zero-order chi connectivity index (χ0) is 8.58. The van der Waals surface area contributed by atoms with Crippen molar-refractivity contribution in [1.29, 1.82) is 0 Å². The summed E-state index contributed by atoms with van der Waals surface area (Å²) in [5.41, 5.74) is 0. The minimum Gasteiger partial charge on any atom is -0.0905 e. The van der Waals surface area contributed by atoms with Crippen molar-refractivity contribution in [3.63, 3.8) is 0 Å². The molecule has 0 bridgehead atoms. The lowest BCUT2D eigenvalue weighted by Crippen LogP contribution is -2.30. The quantitative estimate of drug-likeness (QED) is 0.619. The van der Waals surface area contributed by atoms with Crippen LogP contribution in [0.1, 0.15) is 0 Å². The summed E-state index contributed by atoms with van der Waals surface area (Å²) >= 11 is 32.3. The SMILES string of the molecule is C=C(Cl)C(Cl)(Cl)C(Cl)(Cl)Cl. The number of hydrogen-bond donors (Lipinski definition) is 0. The average molecular weight is 263 g/mol. The topological polar surface area (TPSA) is 0 Å². The first-order valence-corrected chi connectivity index (χ1v) is 4.26. The van der Waals surface area contributed by atoms with Crippen molar-refractivity contribution in [3.05, 3.63) is 11.6 Å². The van der Waals surface area contributed by atoms with Crippen molar-refractivity contribution in [2.24, 2.45) is 0 Å². The Bertz CT molecular complexity index is 142. The highest BCUT2D eigenvalue weighted by atomic mass is 35.6. The van der Waals surface area contributed by atoms with Gasteiger partial charge in [0.05, 0.1) is 5.03 Å². The van der Waals surface area contributed by atoms with Crippen molar-refractivity contribution in [1.82, 2.24) is 0 Å². The molecular formula is C4H2Cl6. The molecule has 0 atom stereocenters. The van der Waals surface area contributed by atoms with E-state index in [4.69, 9.17) is 69.6 Å². The third kappa shape index (κ3) is 2.51. The van der Waals surface area contributed by atoms with Crippen molar-refractivity contribution >= 4 is 69.6 Å². The Morgan fingerprint density at radius 2 is 1.30 bits per heavy atom. The molecule has 0 amide bonds. The van der Waals surface area contributed by atoms with Crippen LogP contribution in [-0.2, 0) is 0 Å². The number of hydrogen-bond acceptors (Lipinski definition) is 0. The number of rotatable bonds is 1. The van der Waals surface area contributed by atoms with Crippen molar-refractivity contribution in [2.75, 3.05) is 0 Å². The van der Waals surface area contributed by atoms with Crippen molar-refractivity contribution in [3.8, 4) is 0 Å². The summed E-state index contributed by atoms with van der Waals surface area (Å²) in [6.45, 7) is 3.24. The summed E-state index contributed by atoms with van der Waals surface area (Å²) in [5, 5.41) is -0.129. The van der Waals surface area contributed by atoms with Gasteiger partial charge in [-0.1, -0.05) is 76.2 Å². The Morgan fingerprint density at radius 1 is 1.00 bits per heavy atom. The maximum atomic E-state index is 5.49. The Morgan fingerprint density at radius 3 is 1.30 bits per heavy atom. The van der Waals surface area contributed by atoms with E-state index in [0.29, 0.717) is 0 Å². The molecule has 0 aliphatic rings. The fourth-order valence-corrected chi connectivity index (χ4v) is 0.783. The maximum Gasteiger partial charge on any atom is 0.228 e. The van der Waals surface area contributed by atoms with E-state index in [1.165, 1.54) is 0 Å². The monoisotopic (exact) mass is 260 g/mol. The molecule has 0 aliphatic carbocycles. The fourth-order valence-electron chi connectivity index (χ4n) is 0.154. The molecule has 0 spiro atoms. The Balaban J connectivity index is 4.57. The summed E-state index contributed by atoms with van der Waals surface area (Å²) in [4.78, 5) is 0. The second-order valence-electron chi connectivity index (χ2n) is 1.48. The molecule has 0 aromatic rings. The molecule has 0 radical (unpaired) electrons. The van der Waals surface area contributed by atoms with Gasteiger partial charge in [-0.25, -0.2) is 0 Å². The van der Waals surface area contributed by atoms with Crippen molar-refractivity contribution in [2.45, 2.75) is 8.13 Å². The van der Waals surface area contributed by atoms with Crippen LogP contribution in [-0.4, -0.2) is 8.13 Å². The van der Waals surface area contributed by atoms with Crippen LogP contribution >= 0.6 is 69.6 Å². The summed E-state index contributed by atoms with van der Waals surface area (Å²) in [6, 6.07) is 0. The van der Waals surface area contributed by atoms with Gasteiger partial charge < -0.3 is 0 Å². The maximum absolute atomic E-state index is 5.49. The molecule has 0 unspecified atom stereocenters. The van der Waals surface area contributed by atoms with Gasteiger partial charge in [-0.3, -0.25) is 0 Å². The summed E-state index contributed by atoms with van der Waals surface area (Å²) < 4.78 is -3.62. The summed E-state index contributed by atoms with van der Waals surface area (Å²) in [5.74, 6) is 0. The van der Waals surface area contributed by atoms with E-state index in [9.17, 15) is 0 Å². The molecule has 10 heavy (non-hydrogen) atoms. The van der Waals surface area contributed by atoms with E-state index < -0.39 is 8.13 Å². The van der Waals surface area contributed by atoms with Crippen LogP contribution in [0.25, 0.3) is 0 Å². The van der Waals surface area contributed by atoms with Crippen LogP contribution in [0.2, 0.25) is 0 Å². The first-order chi connectivity index (χ1) is 4.19. The van der Waals surface area contributed by atoms with E-state index in [-0.39, 0.29) is 5.03 Å². The van der Waals surface area contributed by atoms with Gasteiger partial charge in [0.1, 0.15) is 0 Å². The van der Waals surface area contributed by atoms with Crippen LogP contribution in [0.4, 0.5) is 0 Å². The lowest BCUT2D eigenvalue weighted by molar-refractivity contribution is 0.977. The van der Waals surface area contributed by atoms with Crippen LogP contribution in [0.15, 0.2) is 11.6 Å². The Kier molecular flexibility index (Phi) is 3.98. The highest BCUT2D eigenvalue weighted by Crippen LogP contribution is 2.50. The molecule has 0 saturated heterocycles. The van der Waals surface area contributed by atoms with Gasteiger partial charge >= 0.3 is 0 Å². The zero-order valence-corrected chi connectivity index (χ0v) is 9.01. The van der Waals surface area contributed by atoms with E-state index >= 15 is 0 Å². The molecule has 0 fully saturated rings. The molecule has 0 saturated carbocycles. The second-order valence-corrected chi connectivity index (χ2v) is 5.54. The molecule has 0 aromatic carbocycles. The molecule has 0 aromatic heterocycles. The number of alkyl halides is 5. The largest absolute Gasteiger partial charge is 0.228 e. The van der Waals surface area contributed by atoms with Gasteiger partial charge in [-0.15, -0.1) is 0 Å². The van der Waals surface area contributed by atoms with E-state index in [1.807, 2.05) is 0 Å². The minimum atomic E-state index is -1.87. The van der Waals surface area contributed by atoms with Gasteiger partial charge in [-0.05, 0) is 0 Å². The third-order valence-corrected chi connectivity index (χ3v) is 3.63. The van der Waals surface area contributed by atoms with E-state index in [0.717, 1.165) is 0 Å². The second kappa shape index (κ2) is 3.47. The number of allylic oxidation sites excluding steroid dienone is 1. The first kappa shape index (κ1) is 11.5. The normalized spacial score (nSPS) is 13.4. The standard InChI is InChI=1S/C4H2Cl6/c1-2(5)3(6,7)4(8,9)10/h1H2. The fraction of sp³-hybridized carbons (Fsp3) is 0.500. The lowest BCUT2D eigenvalue weighted by atomic mass is 10.4. The molecule has 0 aliphatic heterocycles. The van der Waals surface area contributed by atoms with Crippen LogP contribution in [0.5, 0.6) is 0 Å². The van der Waals surface area contributed by atoms with Gasteiger partial charge in [0.2, 0.25) is 3.79 Å². The van der Waals surface area contributed by atoms with Crippen LogP contribution < -0.4 is 0 Å². The van der Waals surface area contributed by atoms with Gasteiger partial charge in [0, 0.05) is 0 Å². The predicted octanol–water partition coefficient (Wildman–Crippen LogP) is 4.28. The van der Waals surface area contributed by atoms with Gasteiger partial charge in [0.15, 0.2) is 4.33 Å². The lowest BCUT2D eigenvalue weighted by Gasteiger charge is -2.25. The average Bonchev–Trinajstić information content (AvgIpc) is 1.62. The Hall–Kier alpha value is 1.48. The van der Waals surface area contributed by atoms with E-state index in [2.05, 4.69) is 6.58 Å². The minimum absolute atomic E-state index is 0.129. The highest BCUT2D eigenvalue weighted by molar-refractivity contribution is 6.77. The van der Waals surface area contributed by atoms with Gasteiger partial charge in [-0.2, -0.15) is 0 Å².